The topological polar surface area (TPSA) is 96.7 Å². The molecular weight excluding hydrogens is 328 g/mol. The van der Waals surface area contributed by atoms with Crippen LogP contribution in [0.2, 0.25) is 0 Å². The molecule has 132 valence electrons. The minimum Gasteiger partial charge on any atom is -0.376 e. The summed E-state index contributed by atoms with van der Waals surface area (Å²) in [5, 5.41) is 6.16. The fourth-order valence-electron chi connectivity index (χ4n) is 3.23. The van der Waals surface area contributed by atoms with Crippen molar-refractivity contribution in [2.75, 3.05) is 31.6 Å². The predicted molar refractivity (Wildman–Crippen MR) is 93.5 cm³/mol. The van der Waals surface area contributed by atoms with Crippen LogP contribution in [-0.2, 0) is 17.7 Å². The van der Waals surface area contributed by atoms with E-state index in [9.17, 15) is 9.59 Å². The maximum Gasteiger partial charge on any atom is 0.319 e. The van der Waals surface area contributed by atoms with Crippen LogP contribution in [0.1, 0.15) is 40.6 Å². The molecule has 2 aliphatic heterocycles. The average Bonchev–Trinajstić information content (AvgIpc) is 3.19. The van der Waals surface area contributed by atoms with Crippen LogP contribution in [0.25, 0.3) is 0 Å². The number of carbonyl (C=O) groups is 2. The summed E-state index contributed by atoms with van der Waals surface area (Å²) in [6.45, 7) is 6.03. The molecule has 2 aliphatic rings. The Morgan fingerprint density at radius 3 is 2.96 bits per heavy atom. The molecule has 1 atom stereocenters. The third-order valence-electron chi connectivity index (χ3n) is 4.57. The summed E-state index contributed by atoms with van der Waals surface area (Å²) in [4.78, 5) is 27.4. The van der Waals surface area contributed by atoms with Gasteiger partial charge in [0, 0.05) is 31.1 Å². The van der Waals surface area contributed by atoms with E-state index in [1.165, 1.54) is 11.3 Å². The number of carbonyl (C=O) groups excluding carboxylic acids is 2. The fraction of sp³-hybridized carbons (Fsp3) is 0.625. The number of rotatable bonds is 5. The number of primary amides is 1. The molecule has 0 bridgehead atoms. The Balaban J connectivity index is 1.69. The van der Waals surface area contributed by atoms with Crippen LogP contribution in [0.5, 0.6) is 0 Å². The number of nitrogens with one attached hydrogen (secondary N) is 2. The Morgan fingerprint density at radius 2 is 2.29 bits per heavy atom. The molecule has 1 aromatic heterocycles. The number of fused-ring (bicyclic) bond motifs is 1. The monoisotopic (exact) mass is 352 g/mol. The Bertz CT molecular complexity index is 625. The largest absolute Gasteiger partial charge is 0.376 e. The highest BCUT2D eigenvalue weighted by Crippen LogP contribution is 2.36. The van der Waals surface area contributed by atoms with Crippen LogP contribution in [0.3, 0.4) is 0 Å². The summed E-state index contributed by atoms with van der Waals surface area (Å²) in [7, 11) is 0. The lowest BCUT2D eigenvalue weighted by Crippen LogP contribution is -2.35. The van der Waals surface area contributed by atoms with Gasteiger partial charge in [-0.1, -0.05) is 6.92 Å². The molecule has 24 heavy (non-hydrogen) atoms. The van der Waals surface area contributed by atoms with Gasteiger partial charge in [0.05, 0.1) is 11.7 Å². The molecule has 8 heteroatoms. The summed E-state index contributed by atoms with van der Waals surface area (Å²) in [5.41, 5.74) is 7.02. The van der Waals surface area contributed by atoms with Gasteiger partial charge in [0.15, 0.2) is 0 Å². The lowest BCUT2D eigenvalue weighted by atomic mass is 10.0. The molecule has 0 saturated carbocycles. The molecule has 1 saturated heterocycles. The Kier molecular flexibility index (Phi) is 5.37. The first-order valence-electron chi connectivity index (χ1n) is 8.41. The summed E-state index contributed by atoms with van der Waals surface area (Å²) < 4.78 is 5.49. The van der Waals surface area contributed by atoms with E-state index in [1.807, 2.05) is 0 Å². The number of likely N-dealkylation sites (N-methyl/N-ethyl adjacent to an activating group) is 1. The van der Waals surface area contributed by atoms with Gasteiger partial charge in [-0.3, -0.25) is 15.0 Å². The molecule has 4 N–H and O–H groups in total. The molecule has 1 fully saturated rings. The molecule has 0 aliphatic carbocycles. The van der Waals surface area contributed by atoms with Crippen LogP contribution < -0.4 is 16.4 Å². The summed E-state index contributed by atoms with van der Waals surface area (Å²) >= 11 is 1.45. The number of anilines is 1. The van der Waals surface area contributed by atoms with Gasteiger partial charge in [-0.15, -0.1) is 11.3 Å². The second-order valence-corrected chi connectivity index (χ2v) is 7.27. The summed E-state index contributed by atoms with van der Waals surface area (Å²) in [6, 6.07) is -0.320. The summed E-state index contributed by atoms with van der Waals surface area (Å²) in [6.07, 6.45) is 2.87. The van der Waals surface area contributed by atoms with E-state index >= 15 is 0 Å². The minimum absolute atomic E-state index is 0.0843. The third kappa shape index (κ3) is 3.71. The first-order valence-corrected chi connectivity index (χ1v) is 9.23. The van der Waals surface area contributed by atoms with Crippen molar-refractivity contribution >= 4 is 28.3 Å². The average molecular weight is 352 g/mol. The Labute approximate surface area is 145 Å². The van der Waals surface area contributed by atoms with Crippen molar-refractivity contribution in [1.82, 2.24) is 10.2 Å². The zero-order chi connectivity index (χ0) is 17.1. The van der Waals surface area contributed by atoms with E-state index in [1.54, 1.807) is 0 Å². The number of hydrogen-bond donors (Lipinski definition) is 3. The highest BCUT2D eigenvalue weighted by Gasteiger charge is 2.27. The van der Waals surface area contributed by atoms with Gasteiger partial charge in [0.2, 0.25) is 0 Å². The standard InChI is InChI=1S/C16H24N4O3S/c1-2-20-6-5-11-12(9-20)24-15(13(11)14(17)21)19-16(22)18-8-10-4-3-7-23-10/h10H,2-9H2,1H3,(H2,17,21)(H2,18,19,22). The number of amides is 3. The molecule has 0 radical (unpaired) electrons. The zero-order valence-electron chi connectivity index (χ0n) is 13.9. The van der Waals surface area contributed by atoms with Crippen molar-refractivity contribution < 1.29 is 14.3 Å². The van der Waals surface area contributed by atoms with E-state index in [4.69, 9.17) is 10.5 Å². The smallest absolute Gasteiger partial charge is 0.319 e. The fourth-order valence-corrected chi connectivity index (χ4v) is 4.52. The van der Waals surface area contributed by atoms with Gasteiger partial charge < -0.3 is 15.8 Å². The van der Waals surface area contributed by atoms with E-state index < -0.39 is 5.91 Å². The number of nitrogens with zero attached hydrogens (tertiary/aromatic N) is 1. The lowest BCUT2D eigenvalue weighted by molar-refractivity contribution is 0.0999. The van der Waals surface area contributed by atoms with Crippen LogP contribution in [0.4, 0.5) is 9.80 Å². The van der Waals surface area contributed by atoms with E-state index in [0.717, 1.165) is 55.9 Å². The highest BCUT2D eigenvalue weighted by atomic mass is 32.1. The molecule has 7 nitrogen and oxygen atoms in total. The van der Waals surface area contributed by atoms with Gasteiger partial charge in [-0.2, -0.15) is 0 Å². The first kappa shape index (κ1) is 17.2. The van der Waals surface area contributed by atoms with Crippen molar-refractivity contribution in [1.29, 1.82) is 0 Å². The second kappa shape index (κ2) is 7.50. The van der Waals surface area contributed by atoms with E-state index in [0.29, 0.717) is 17.1 Å². The number of thiophene rings is 1. The molecule has 0 spiro atoms. The lowest BCUT2D eigenvalue weighted by Gasteiger charge is -2.25. The van der Waals surface area contributed by atoms with E-state index in [-0.39, 0.29) is 12.1 Å². The van der Waals surface area contributed by atoms with E-state index in [2.05, 4.69) is 22.5 Å². The van der Waals surface area contributed by atoms with Crippen molar-refractivity contribution in [2.24, 2.45) is 5.73 Å². The first-order chi connectivity index (χ1) is 11.6. The van der Waals surface area contributed by atoms with Crippen molar-refractivity contribution in [3.8, 4) is 0 Å². The second-order valence-electron chi connectivity index (χ2n) is 6.16. The van der Waals surface area contributed by atoms with Gasteiger partial charge in [0.1, 0.15) is 5.00 Å². The maximum absolute atomic E-state index is 12.1. The number of ether oxygens (including phenoxy) is 1. The normalized spacial score (nSPS) is 20.6. The molecule has 3 rings (SSSR count). The molecule has 1 aromatic rings. The molecule has 3 amide bonds. The van der Waals surface area contributed by atoms with Crippen LogP contribution in [0, 0.1) is 0 Å². The van der Waals surface area contributed by atoms with Crippen LogP contribution in [-0.4, -0.2) is 49.2 Å². The molecule has 1 unspecified atom stereocenters. The summed E-state index contributed by atoms with van der Waals surface area (Å²) in [5.74, 6) is -0.480. The predicted octanol–water partition coefficient (Wildman–Crippen LogP) is 1.53. The third-order valence-corrected chi connectivity index (χ3v) is 5.70. The highest BCUT2D eigenvalue weighted by molar-refractivity contribution is 7.17. The van der Waals surface area contributed by atoms with Crippen LogP contribution >= 0.6 is 11.3 Å². The maximum atomic E-state index is 12.1. The number of urea groups is 1. The SMILES string of the molecule is CCN1CCc2c(sc(NC(=O)NCC3CCCO3)c2C(N)=O)C1. The Hall–Kier alpha value is -1.64. The molecular formula is C16H24N4O3S. The zero-order valence-corrected chi connectivity index (χ0v) is 14.7. The Morgan fingerprint density at radius 1 is 1.46 bits per heavy atom. The van der Waals surface area contributed by atoms with Gasteiger partial charge in [-0.05, 0) is 31.4 Å². The number of nitrogens with two attached hydrogens (primary N) is 1. The minimum atomic E-state index is -0.480. The van der Waals surface area contributed by atoms with Gasteiger partial charge >= 0.3 is 6.03 Å². The molecule has 3 heterocycles. The van der Waals surface area contributed by atoms with Crippen LogP contribution in [0.15, 0.2) is 0 Å². The van der Waals surface area contributed by atoms with Gasteiger partial charge in [-0.25, -0.2) is 4.79 Å². The molecule has 0 aromatic carbocycles. The number of hydrogen-bond acceptors (Lipinski definition) is 5. The van der Waals surface area contributed by atoms with Gasteiger partial charge in [0.25, 0.3) is 5.91 Å². The van der Waals surface area contributed by atoms with Crippen molar-refractivity contribution in [3.05, 3.63) is 16.0 Å². The van der Waals surface area contributed by atoms with Crippen molar-refractivity contribution in [3.63, 3.8) is 0 Å². The van der Waals surface area contributed by atoms with Crippen molar-refractivity contribution in [2.45, 2.75) is 38.8 Å². The quantitative estimate of drug-likeness (QED) is 0.748.